The molecule has 1 aromatic carbocycles. The lowest BCUT2D eigenvalue weighted by atomic mass is 10.1. The summed E-state index contributed by atoms with van der Waals surface area (Å²) < 4.78 is 5.30. The Labute approximate surface area is 133 Å². The van der Waals surface area contributed by atoms with Crippen LogP contribution in [0.1, 0.15) is 39.9 Å². The molecule has 7 heteroatoms. The molecule has 0 aliphatic carbocycles. The molecule has 2 rings (SSSR count). The van der Waals surface area contributed by atoms with E-state index in [0.29, 0.717) is 33.9 Å². The van der Waals surface area contributed by atoms with E-state index in [0.717, 1.165) is 0 Å². The predicted octanol–water partition coefficient (Wildman–Crippen LogP) is 3.27. The standard InChI is InChI=1S/C16H17N3O4/c1-9-5-6-13(8-15(9)19(21)22)11(3)17-18-16(20)14-7-10(2)23-12(14)4/h5-8H,1-4H3,(H,18,20). The van der Waals surface area contributed by atoms with E-state index >= 15 is 0 Å². The van der Waals surface area contributed by atoms with Crippen LogP contribution in [0.25, 0.3) is 0 Å². The van der Waals surface area contributed by atoms with Gasteiger partial charge in [0.1, 0.15) is 11.5 Å². The summed E-state index contributed by atoms with van der Waals surface area (Å²) in [4.78, 5) is 22.6. The Morgan fingerprint density at radius 1 is 1.26 bits per heavy atom. The van der Waals surface area contributed by atoms with Crippen LogP contribution in [0.15, 0.2) is 33.8 Å². The van der Waals surface area contributed by atoms with Crippen molar-refractivity contribution in [2.75, 3.05) is 0 Å². The second kappa shape index (κ2) is 6.43. The number of benzene rings is 1. The molecule has 1 N–H and O–H groups in total. The summed E-state index contributed by atoms with van der Waals surface area (Å²) >= 11 is 0. The van der Waals surface area contributed by atoms with Crippen molar-refractivity contribution < 1.29 is 14.1 Å². The minimum absolute atomic E-state index is 0.0182. The average Bonchev–Trinajstić information content (AvgIpc) is 2.83. The molecule has 23 heavy (non-hydrogen) atoms. The number of carbonyl (C=O) groups excluding carboxylic acids is 1. The van der Waals surface area contributed by atoms with Crippen molar-refractivity contribution in [3.05, 3.63) is 62.6 Å². The van der Waals surface area contributed by atoms with Crippen molar-refractivity contribution in [3.8, 4) is 0 Å². The van der Waals surface area contributed by atoms with Gasteiger partial charge in [-0.3, -0.25) is 14.9 Å². The Morgan fingerprint density at radius 3 is 2.52 bits per heavy atom. The van der Waals surface area contributed by atoms with Gasteiger partial charge in [0.05, 0.1) is 16.2 Å². The number of nitro benzene ring substituents is 1. The molecule has 0 fully saturated rings. The maximum atomic E-state index is 12.1. The highest BCUT2D eigenvalue weighted by Crippen LogP contribution is 2.19. The number of nitrogens with zero attached hydrogens (tertiary/aromatic N) is 2. The Kier molecular flexibility index (Phi) is 4.59. The monoisotopic (exact) mass is 315 g/mol. The van der Waals surface area contributed by atoms with Crippen molar-refractivity contribution in [1.29, 1.82) is 0 Å². The summed E-state index contributed by atoms with van der Waals surface area (Å²) in [6.07, 6.45) is 0. The lowest BCUT2D eigenvalue weighted by Gasteiger charge is -2.04. The fourth-order valence-corrected chi connectivity index (χ4v) is 2.15. The number of hydrogen-bond acceptors (Lipinski definition) is 5. The molecule has 0 spiro atoms. The molecule has 0 bridgehead atoms. The summed E-state index contributed by atoms with van der Waals surface area (Å²) in [5.74, 6) is 0.765. The molecule has 0 aliphatic rings. The average molecular weight is 315 g/mol. The van der Waals surface area contributed by atoms with Crippen molar-refractivity contribution in [2.45, 2.75) is 27.7 Å². The Bertz CT molecular complexity index is 806. The van der Waals surface area contributed by atoms with Crippen LogP contribution in [0.2, 0.25) is 0 Å². The first-order valence-electron chi connectivity index (χ1n) is 6.96. The number of hydrazone groups is 1. The van der Waals surface area contributed by atoms with E-state index < -0.39 is 4.92 Å². The molecule has 1 amide bonds. The van der Waals surface area contributed by atoms with E-state index in [-0.39, 0.29) is 11.6 Å². The minimum Gasteiger partial charge on any atom is -0.466 e. The molecule has 7 nitrogen and oxygen atoms in total. The van der Waals surface area contributed by atoms with Crippen molar-refractivity contribution in [1.82, 2.24) is 5.43 Å². The summed E-state index contributed by atoms with van der Waals surface area (Å²) in [5, 5.41) is 15.0. The molecule has 1 aromatic heterocycles. The lowest BCUT2D eigenvalue weighted by molar-refractivity contribution is -0.385. The highest BCUT2D eigenvalue weighted by molar-refractivity contribution is 6.01. The number of carbonyl (C=O) groups is 1. The Hall–Kier alpha value is -2.96. The molecule has 0 aliphatic heterocycles. The number of nitro groups is 1. The molecule has 1 heterocycles. The van der Waals surface area contributed by atoms with Gasteiger partial charge in [-0.05, 0) is 33.8 Å². The lowest BCUT2D eigenvalue weighted by Crippen LogP contribution is -2.19. The van der Waals surface area contributed by atoms with Crippen molar-refractivity contribution in [2.24, 2.45) is 5.10 Å². The number of aryl methyl sites for hydroxylation is 3. The molecule has 0 radical (unpaired) electrons. The number of nitrogens with one attached hydrogen (secondary N) is 1. The normalized spacial score (nSPS) is 11.4. The molecular formula is C16H17N3O4. The van der Waals surface area contributed by atoms with Crippen LogP contribution in [0.5, 0.6) is 0 Å². The zero-order chi connectivity index (χ0) is 17.1. The van der Waals surface area contributed by atoms with Crippen LogP contribution in [-0.2, 0) is 0 Å². The van der Waals surface area contributed by atoms with E-state index in [4.69, 9.17) is 4.42 Å². The van der Waals surface area contributed by atoms with Crippen molar-refractivity contribution >= 4 is 17.3 Å². The van der Waals surface area contributed by atoms with E-state index in [1.807, 2.05) is 0 Å². The van der Waals surface area contributed by atoms with E-state index in [1.54, 1.807) is 45.9 Å². The number of furan rings is 1. The van der Waals surface area contributed by atoms with Gasteiger partial charge in [-0.15, -0.1) is 0 Å². The van der Waals surface area contributed by atoms with Gasteiger partial charge >= 0.3 is 0 Å². The first-order valence-corrected chi connectivity index (χ1v) is 6.96. The van der Waals surface area contributed by atoms with E-state index in [2.05, 4.69) is 10.5 Å². The van der Waals surface area contributed by atoms with Crippen LogP contribution in [0.4, 0.5) is 5.69 Å². The van der Waals surface area contributed by atoms with E-state index in [9.17, 15) is 14.9 Å². The highest BCUT2D eigenvalue weighted by Gasteiger charge is 2.14. The van der Waals surface area contributed by atoms with Crippen LogP contribution in [-0.4, -0.2) is 16.5 Å². The Balaban J connectivity index is 2.20. The number of rotatable bonds is 4. The molecule has 0 atom stereocenters. The van der Waals surface area contributed by atoms with Crippen molar-refractivity contribution in [3.63, 3.8) is 0 Å². The zero-order valence-electron chi connectivity index (χ0n) is 13.3. The molecule has 0 saturated heterocycles. The maximum Gasteiger partial charge on any atom is 0.274 e. The smallest absolute Gasteiger partial charge is 0.274 e. The third-order valence-electron chi connectivity index (χ3n) is 3.43. The minimum atomic E-state index is -0.442. The zero-order valence-corrected chi connectivity index (χ0v) is 13.3. The van der Waals surface area contributed by atoms with Gasteiger partial charge in [0.15, 0.2) is 0 Å². The quantitative estimate of drug-likeness (QED) is 0.532. The van der Waals surface area contributed by atoms with Gasteiger partial charge in [-0.2, -0.15) is 5.10 Å². The molecular weight excluding hydrogens is 298 g/mol. The molecule has 2 aromatic rings. The maximum absolute atomic E-state index is 12.1. The fraction of sp³-hybridized carbons (Fsp3) is 0.250. The first kappa shape index (κ1) is 16.4. The van der Waals surface area contributed by atoms with Crippen LogP contribution >= 0.6 is 0 Å². The van der Waals surface area contributed by atoms with E-state index in [1.165, 1.54) is 6.07 Å². The third kappa shape index (κ3) is 3.63. The second-order valence-electron chi connectivity index (χ2n) is 5.22. The number of amides is 1. The summed E-state index contributed by atoms with van der Waals surface area (Å²) in [5.41, 5.74) is 4.48. The predicted molar refractivity (Wildman–Crippen MR) is 85.7 cm³/mol. The Morgan fingerprint density at radius 2 is 1.96 bits per heavy atom. The highest BCUT2D eigenvalue weighted by atomic mass is 16.6. The summed E-state index contributed by atoms with van der Waals surface area (Å²) in [6, 6.07) is 6.44. The summed E-state index contributed by atoms with van der Waals surface area (Å²) in [6.45, 7) is 6.79. The topological polar surface area (TPSA) is 97.7 Å². The van der Waals surface area contributed by atoms with Gasteiger partial charge in [0.2, 0.25) is 0 Å². The molecule has 0 unspecified atom stereocenters. The largest absolute Gasteiger partial charge is 0.466 e. The fourth-order valence-electron chi connectivity index (χ4n) is 2.15. The first-order chi connectivity index (χ1) is 10.8. The van der Waals surface area contributed by atoms with Gasteiger partial charge in [-0.25, -0.2) is 5.43 Å². The SMILES string of the molecule is CC(=NNC(=O)c1cc(C)oc1C)c1ccc(C)c([N+](=O)[O-])c1. The molecule has 120 valence electrons. The van der Waals surface area contributed by atoms with Crippen LogP contribution in [0, 0.1) is 30.9 Å². The van der Waals surface area contributed by atoms with Crippen LogP contribution in [0.3, 0.4) is 0 Å². The van der Waals surface area contributed by atoms with Gasteiger partial charge in [0.25, 0.3) is 11.6 Å². The van der Waals surface area contributed by atoms with Gasteiger partial charge in [0, 0.05) is 17.2 Å². The third-order valence-corrected chi connectivity index (χ3v) is 3.43. The second-order valence-corrected chi connectivity index (χ2v) is 5.22. The molecule has 0 saturated carbocycles. The summed E-state index contributed by atoms with van der Waals surface area (Å²) in [7, 11) is 0. The van der Waals surface area contributed by atoms with Crippen LogP contribution < -0.4 is 5.43 Å². The van der Waals surface area contributed by atoms with Gasteiger partial charge in [-0.1, -0.05) is 12.1 Å². The van der Waals surface area contributed by atoms with Gasteiger partial charge < -0.3 is 4.42 Å². The number of hydrogen-bond donors (Lipinski definition) is 1.